The lowest BCUT2D eigenvalue weighted by Crippen LogP contribution is -1.85. The quantitative estimate of drug-likeness (QED) is 0.514. The summed E-state index contributed by atoms with van der Waals surface area (Å²) >= 11 is 0. The van der Waals surface area contributed by atoms with E-state index in [0.717, 1.165) is 6.42 Å². The lowest BCUT2D eigenvalue weighted by molar-refractivity contribution is 0.375. The number of epoxide rings is 1. The van der Waals surface area contributed by atoms with Crippen molar-refractivity contribution in [3.05, 3.63) is 48.6 Å². The molecule has 13 heavy (non-hydrogen) atoms. The topological polar surface area (TPSA) is 44.0 Å². The molecule has 0 aromatic heterocycles. The van der Waals surface area contributed by atoms with E-state index in [1.165, 1.54) is 5.56 Å². The third-order valence-corrected chi connectivity index (χ3v) is 2.11. The van der Waals surface area contributed by atoms with Gasteiger partial charge in [0.1, 0.15) is 6.10 Å². The normalized spacial score (nSPS) is 24.6. The molecule has 2 rings (SSSR count). The number of rotatable bonds is 3. The second kappa shape index (κ2) is 4.21. The molecule has 1 aliphatic rings. The van der Waals surface area contributed by atoms with Crippen LogP contribution in [0.5, 0.6) is 0 Å². The van der Waals surface area contributed by atoms with Crippen molar-refractivity contribution < 1.29 is 10.2 Å². The van der Waals surface area contributed by atoms with Crippen molar-refractivity contribution in [2.45, 2.75) is 18.6 Å². The summed E-state index contributed by atoms with van der Waals surface area (Å²) in [6.07, 6.45) is 3.57. The lowest BCUT2D eigenvalue weighted by Gasteiger charge is -1.92. The van der Waals surface area contributed by atoms with Gasteiger partial charge in [-0.3, -0.25) is 0 Å². The Morgan fingerprint density at radius 1 is 1.31 bits per heavy atom. The Hall–Kier alpha value is -1.12. The number of ether oxygens (including phenoxy) is 1. The van der Waals surface area contributed by atoms with E-state index in [4.69, 9.17) is 4.74 Å². The molecule has 1 aliphatic heterocycles. The number of hydrogen-bond acceptors (Lipinski definition) is 1. The molecule has 70 valence electrons. The second-order valence-corrected chi connectivity index (χ2v) is 3.03. The summed E-state index contributed by atoms with van der Waals surface area (Å²) in [7, 11) is 0. The highest BCUT2D eigenvalue weighted by Gasteiger charge is 2.38. The molecule has 0 radical (unpaired) electrons. The smallest absolute Gasteiger partial charge is 0.109 e. The Bertz CT molecular complexity index is 269. The molecule has 2 heteroatoms. The van der Waals surface area contributed by atoms with E-state index in [0.29, 0.717) is 12.2 Å². The molecule has 1 aromatic carbocycles. The van der Waals surface area contributed by atoms with Crippen LogP contribution in [-0.2, 0) is 4.74 Å². The summed E-state index contributed by atoms with van der Waals surface area (Å²) in [5.41, 5.74) is 1.28. The van der Waals surface area contributed by atoms with Gasteiger partial charge < -0.3 is 10.2 Å². The van der Waals surface area contributed by atoms with E-state index in [1.807, 2.05) is 24.3 Å². The fourth-order valence-electron chi connectivity index (χ4n) is 1.42. The number of benzene rings is 1. The molecule has 0 amide bonds. The highest BCUT2D eigenvalue weighted by molar-refractivity contribution is 5.22. The molecule has 2 unspecified atom stereocenters. The van der Waals surface area contributed by atoms with Crippen LogP contribution in [0.2, 0.25) is 0 Å². The Kier molecular flexibility index (Phi) is 3.23. The van der Waals surface area contributed by atoms with Crippen molar-refractivity contribution in [3.8, 4) is 0 Å². The average Bonchev–Trinajstić information content (AvgIpc) is 2.87. The Morgan fingerprint density at radius 3 is 2.62 bits per heavy atom. The van der Waals surface area contributed by atoms with Crippen LogP contribution in [0.25, 0.3) is 0 Å². The minimum Gasteiger partial charge on any atom is -0.412 e. The first kappa shape index (κ1) is 9.96. The zero-order valence-corrected chi connectivity index (χ0v) is 7.44. The van der Waals surface area contributed by atoms with E-state index in [1.54, 1.807) is 0 Å². The molecule has 0 bridgehead atoms. The molecular formula is C11H14O2. The van der Waals surface area contributed by atoms with Gasteiger partial charge >= 0.3 is 0 Å². The molecule has 0 aliphatic carbocycles. The van der Waals surface area contributed by atoms with Gasteiger partial charge in [-0.25, -0.2) is 0 Å². The first-order valence-corrected chi connectivity index (χ1v) is 4.23. The fourth-order valence-corrected chi connectivity index (χ4v) is 1.42. The first-order valence-electron chi connectivity index (χ1n) is 4.23. The minimum absolute atomic E-state index is 0. The van der Waals surface area contributed by atoms with Gasteiger partial charge in [0, 0.05) is 0 Å². The van der Waals surface area contributed by atoms with E-state index in [-0.39, 0.29) is 5.48 Å². The summed E-state index contributed by atoms with van der Waals surface area (Å²) < 4.78 is 5.47. The van der Waals surface area contributed by atoms with Crippen molar-refractivity contribution >= 4 is 0 Å². The Balaban J connectivity index is 0.000000845. The van der Waals surface area contributed by atoms with E-state index in [2.05, 4.69) is 18.7 Å². The van der Waals surface area contributed by atoms with E-state index in [9.17, 15) is 0 Å². The van der Waals surface area contributed by atoms with Crippen molar-refractivity contribution in [2.24, 2.45) is 0 Å². The van der Waals surface area contributed by atoms with Gasteiger partial charge in [-0.2, -0.15) is 0 Å². The summed E-state index contributed by atoms with van der Waals surface area (Å²) in [6.45, 7) is 3.69. The molecule has 2 atom stereocenters. The molecule has 2 nitrogen and oxygen atoms in total. The third-order valence-electron chi connectivity index (χ3n) is 2.11. The van der Waals surface area contributed by atoms with Gasteiger partial charge in [0.2, 0.25) is 0 Å². The molecule has 1 fully saturated rings. The van der Waals surface area contributed by atoms with Crippen LogP contribution in [0.3, 0.4) is 0 Å². The van der Waals surface area contributed by atoms with Gasteiger partial charge in [-0.15, -0.1) is 6.58 Å². The molecule has 0 saturated carbocycles. The van der Waals surface area contributed by atoms with E-state index < -0.39 is 0 Å². The maximum Gasteiger partial charge on any atom is 0.109 e. The van der Waals surface area contributed by atoms with Crippen molar-refractivity contribution in [1.29, 1.82) is 0 Å². The van der Waals surface area contributed by atoms with Gasteiger partial charge in [-0.1, -0.05) is 36.4 Å². The van der Waals surface area contributed by atoms with Gasteiger partial charge in [0.05, 0.1) is 6.10 Å². The van der Waals surface area contributed by atoms with Crippen LogP contribution < -0.4 is 0 Å². The molecule has 1 saturated heterocycles. The molecule has 1 aromatic rings. The summed E-state index contributed by atoms with van der Waals surface area (Å²) in [4.78, 5) is 0. The van der Waals surface area contributed by atoms with E-state index >= 15 is 0 Å². The minimum atomic E-state index is 0. The lowest BCUT2D eigenvalue weighted by atomic mass is 10.1. The highest BCUT2D eigenvalue weighted by atomic mass is 16.6. The van der Waals surface area contributed by atoms with Gasteiger partial charge in [-0.05, 0) is 12.0 Å². The van der Waals surface area contributed by atoms with Crippen LogP contribution in [0.1, 0.15) is 18.1 Å². The van der Waals surface area contributed by atoms with Crippen molar-refractivity contribution in [1.82, 2.24) is 0 Å². The van der Waals surface area contributed by atoms with Crippen molar-refractivity contribution in [2.75, 3.05) is 0 Å². The standard InChI is InChI=1S/C11H12O.H2O/c1-2-6-10-11(12-10)9-7-4-3-5-8-9;/h2-5,7-8,10-11H,1,6H2;1H2. The number of hydrogen-bond donors (Lipinski definition) is 0. The van der Waals surface area contributed by atoms with Crippen LogP contribution in [0.4, 0.5) is 0 Å². The fraction of sp³-hybridized carbons (Fsp3) is 0.273. The molecule has 0 spiro atoms. The molecule has 1 heterocycles. The maximum absolute atomic E-state index is 5.47. The highest BCUT2D eigenvalue weighted by Crippen LogP contribution is 2.40. The first-order chi connectivity index (χ1) is 5.92. The SMILES string of the molecule is C=CCC1OC1c1ccccc1.O. The monoisotopic (exact) mass is 178 g/mol. The zero-order valence-electron chi connectivity index (χ0n) is 7.44. The van der Waals surface area contributed by atoms with Crippen LogP contribution >= 0.6 is 0 Å². The maximum atomic E-state index is 5.47. The third kappa shape index (κ3) is 2.17. The summed E-state index contributed by atoms with van der Waals surface area (Å²) in [5, 5.41) is 0. The van der Waals surface area contributed by atoms with Crippen LogP contribution in [0.15, 0.2) is 43.0 Å². The van der Waals surface area contributed by atoms with Gasteiger partial charge in [0.25, 0.3) is 0 Å². The van der Waals surface area contributed by atoms with Crippen molar-refractivity contribution in [3.63, 3.8) is 0 Å². The summed E-state index contributed by atoms with van der Waals surface area (Å²) in [5.74, 6) is 0. The average molecular weight is 178 g/mol. The molecular weight excluding hydrogens is 164 g/mol. The largest absolute Gasteiger partial charge is 0.412 e. The molecule has 2 N–H and O–H groups in total. The Morgan fingerprint density at radius 2 is 2.00 bits per heavy atom. The predicted molar refractivity (Wildman–Crippen MR) is 52.5 cm³/mol. The van der Waals surface area contributed by atoms with Crippen LogP contribution in [0, 0.1) is 0 Å². The van der Waals surface area contributed by atoms with Crippen LogP contribution in [-0.4, -0.2) is 11.6 Å². The second-order valence-electron chi connectivity index (χ2n) is 3.03. The predicted octanol–water partition coefficient (Wildman–Crippen LogP) is 1.88. The summed E-state index contributed by atoms with van der Waals surface area (Å²) in [6, 6.07) is 10.3. The zero-order chi connectivity index (χ0) is 8.39. The van der Waals surface area contributed by atoms with Gasteiger partial charge in [0.15, 0.2) is 0 Å². The Labute approximate surface area is 78.2 Å².